The van der Waals surface area contributed by atoms with Crippen LogP contribution < -0.4 is 0 Å². The first-order valence-corrected chi connectivity index (χ1v) is 1.09. The van der Waals surface area contributed by atoms with Crippen molar-refractivity contribution in [1.29, 1.82) is 0 Å². The average Bonchev–Trinajstić information content (AvgIpc) is 0.811. The Kier molecular flexibility index (Phi) is 1.31. The van der Waals surface area contributed by atoms with Gasteiger partial charge in [-0.05, 0) is 6.82 Å². The van der Waals surface area contributed by atoms with Crippen LogP contribution in [-0.2, 0) is 0 Å². The van der Waals surface area contributed by atoms with Crippen LogP contribution in [0.3, 0.4) is 0 Å². The van der Waals surface area contributed by atoms with Gasteiger partial charge in [-0.3, -0.25) is 0 Å². The van der Waals surface area contributed by atoms with Crippen LogP contribution in [0, 0.1) is 0 Å². The summed E-state index contributed by atoms with van der Waals surface area (Å²) in [4.78, 5) is 0. The molecule has 0 rings (SSSR count). The Labute approximate surface area is 25.2 Å². The summed E-state index contributed by atoms with van der Waals surface area (Å²) in [6.45, 7) is 1.28. The highest BCUT2D eigenvalue weighted by atomic mass is 16.4. The Bertz CT molecular complexity index is 10.8. The summed E-state index contributed by atoms with van der Waals surface area (Å²) in [6.07, 6.45) is 0. The first-order valence-electron chi connectivity index (χ1n) is 1.09. The van der Waals surface area contributed by atoms with Crippen LogP contribution in [0.4, 0.5) is 0 Å². The zero-order valence-electron chi connectivity index (χ0n) is 2.47. The molecule has 3 heteroatoms. The van der Waals surface area contributed by atoms with E-state index in [1.54, 1.807) is 0 Å². The molecule has 0 aromatic rings. The summed E-state index contributed by atoms with van der Waals surface area (Å²) < 4.78 is 0. The molecule has 4 heavy (non-hydrogen) atoms. The Morgan fingerprint density at radius 2 is 1.50 bits per heavy atom. The first-order chi connectivity index (χ1) is 1.73. The van der Waals surface area contributed by atoms with Crippen molar-refractivity contribution >= 4 is 7.12 Å². The summed E-state index contributed by atoms with van der Waals surface area (Å²) in [7, 11) is -1.17. The summed E-state index contributed by atoms with van der Waals surface area (Å²) in [5, 5.41) is 15.2. The lowest BCUT2D eigenvalue weighted by molar-refractivity contribution is 0.417. The minimum Gasteiger partial charge on any atom is -0.427 e. The molecule has 0 radical (unpaired) electrons. The molecule has 2 N–H and O–H groups in total. The van der Waals surface area contributed by atoms with Crippen molar-refractivity contribution in [3.63, 3.8) is 0 Å². The lowest BCUT2D eigenvalue weighted by Gasteiger charge is -1.71. The molecule has 0 atom stereocenters. The fourth-order valence-electron chi connectivity index (χ4n) is 0. The van der Waals surface area contributed by atoms with Gasteiger partial charge < -0.3 is 10.0 Å². The molecule has 0 aliphatic carbocycles. The minimum atomic E-state index is -1.17. The Morgan fingerprint density at radius 1 is 1.50 bits per heavy atom. The van der Waals surface area contributed by atoms with E-state index in [2.05, 4.69) is 0 Å². The Hall–Kier alpha value is -0.0151. The van der Waals surface area contributed by atoms with Gasteiger partial charge in [0.25, 0.3) is 0 Å². The SMILES string of the molecule is [13CH3]B(O)O. The van der Waals surface area contributed by atoms with Crippen LogP contribution in [0.2, 0.25) is 6.82 Å². The molecule has 0 spiro atoms. The van der Waals surface area contributed by atoms with Gasteiger partial charge in [-0.2, -0.15) is 0 Å². The van der Waals surface area contributed by atoms with Crippen molar-refractivity contribution in [3.8, 4) is 0 Å². The molecule has 0 saturated heterocycles. The van der Waals surface area contributed by atoms with E-state index >= 15 is 0 Å². The summed E-state index contributed by atoms with van der Waals surface area (Å²) >= 11 is 0. The van der Waals surface area contributed by atoms with Gasteiger partial charge in [0.15, 0.2) is 0 Å². The second kappa shape index (κ2) is 1.32. The molecule has 0 bridgehead atoms. The molecule has 2 nitrogen and oxygen atoms in total. The van der Waals surface area contributed by atoms with Crippen LogP contribution in [-0.4, -0.2) is 17.2 Å². The molecule has 0 amide bonds. The highest BCUT2D eigenvalue weighted by Crippen LogP contribution is 1.51. The fraction of sp³-hybridized carbons (Fsp3) is 1.00. The Balaban J connectivity index is 2.32. The minimum absolute atomic E-state index is 1.17. The maximum atomic E-state index is 7.61. The van der Waals surface area contributed by atoms with Crippen molar-refractivity contribution in [1.82, 2.24) is 0 Å². The van der Waals surface area contributed by atoms with E-state index in [4.69, 9.17) is 10.0 Å². The van der Waals surface area contributed by atoms with Crippen LogP contribution in [0.1, 0.15) is 0 Å². The maximum Gasteiger partial charge on any atom is 0.448 e. The molecule has 0 aromatic heterocycles. The summed E-state index contributed by atoms with van der Waals surface area (Å²) in [5.74, 6) is 0. The summed E-state index contributed by atoms with van der Waals surface area (Å²) in [6, 6.07) is 0. The zero-order valence-corrected chi connectivity index (χ0v) is 2.47. The lowest BCUT2D eigenvalue weighted by Crippen LogP contribution is -2.00. The van der Waals surface area contributed by atoms with Crippen molar-refractivity contribution in [2.75, 3.05) is 0 Å². The lowest BCUT2D eigenvalue weighted by atomic mass is 10.1. The fourth-order valence-corrected chi connectivity index (χ4v) is 0. The molecule has 0 fully saturated rings. The average molecular weight is 60.9 g/mol. The quantitative estimate of drug-likeness (QED) is 0.281. The van der Waals surface area contributed by atoms with Crippen molar-refractivity contribution in [3.05, 3.63) is 0 Å². The van der Waals surface area contributed by atoms with E-state index in [9.17, 15) is 0 Å². The molecule has 0 aromatic carbocycles. The van der Waals surface area contributed by atoms with Crippen molar-refractivity contribution in [2.24, 2.45) is 0 Å². The van der Waals surface area contributed by atoms with Crippen molar-refractivity contribution in [2.45, 2.75) is 6.82 Å². The van der Waals surface area contributed by atoms with Gasteiger partial charge in [0.2, 0.25) is 0 Å². The number of hydrogen-bond acceptors (Lipinski definition) is 2. The van der Waals surface area contributed by atoms with Gasteiger partial charge in [-0.1, -0.05) is 0 Å². The van der Waals surface area contributed by atoms with E-state index in [-0.39, 0.29) is 0 Å². The third-order valence-electron chi connectivity index (χ3n) is 0. The molecule has 24 valence electrons. The van der Waals surface area contributed by atoms with Gasteiger partial charge in [-0.25, -0.2) is 0 Å². The predicted octanol–water partition coefficient (Wildman–Crippen LogP) is -0.911. The third kappa shape index (κ3) is 8480. The van der Waals surface area contributed by atoms with Gasteiger partial charge in [-0.15, -0.1) is 0 Å². The van der Waals surface area contributed by atoms with Gasteiger partial charge in [0.1, 0.15) is 0 Å². The van der Waals surface area contributed by atoms with Gasteiger partial charge in [0, 0.05) is 0 Å². The van der Waals surface area contributed by atoms with Crippen LogP contribution >= 0.6 is 0 Å². The van der Waals surface area contributed by atoms with Crippen LogP contribution in [0.25, 0.3) is 0 Å². The molecular weight excluding hydrogens is 55.8 g/mol. The Morgan fingerprint density at radius 3 is 1.50 bits per heavy atom. The third-order valence-corrected chi connectivity index (χ3v) is 0. The second-order valence-corrected chi connectivity index (χ2v) is 0.632. The van der Waals surface area contributed by atoms with Crippen molar-refractivity contribution < 1.29 is 10.0 Å². The molecule has 0 aliphatic rings. The zero-order chi connectivity index (χ0) is 3.58. The molecule has 0 aliphatic heterocycles. The van der Waals surface area contributed by atoms with E-state index < -0.39 is 7.12 Å². The number of hydrogen-bond donors (Lipinski definition) is 2. The highest BCUT2D eigenvalue weighted by molar-refractivity contribution is 6.38. The van der Waals surface area contributed by atoms with E-state index in [0.717, 1.165) is 0 Å². The van der Waals surface area contributed by atoms with Gasteiger partial charge >= 0.3 is 7.12 Å². The van der Waals surface area contributed by atoms with Gasteiger partial charge in [0.05, 0.1) is 0 Å². The summed E-state index contributed by atoms with van der Waals surface area (Å²) in [5.41, 5.74) is 0. The number of rotatable bonds is 0. The largest absolute Gasteiger partial charge is 0.448 e. The molecule has 0 saturated carbocycles. The maximum absolute atomic E-state index is 7.61. The monoisotopic (exact) mass is 61.0 g/mol. The molecular formula is CH5BO2. The van der Waals surface area contributed by atoms with E-state index in [1.165, 1.54) is 6.82 Å². The highest BCUT2D eigenvalue weighted by Gasteiger charge is 1.86. The first kappa shape index (κ1) is 3.98. The standard InChI is InChI=1S/CH5BO2/c1-2(3)4/h3-4H,1H3/i1+1. The molecule has 0 unspecified atom stereocenters. The predicted molar refractivity (Wildman–Crippen MR) is 16.1 cm³/mol. The smallest absolute Gasteiger partial charge is 0.427 e. The normalized spacial score (nSPS) is 6.75. The topological polar surface area (TPSA) is 40.5 Å². The molecule has 0 heterocycles. The van der Waals surface area contributed by atoms with E-state index in [1.807, 2.05) is 0 Å². The van der Waals surface area contributed by atoms with Crippen LogP contribution in [0.15, 0.2) is 0 Å². The second-order valence-electron chi connectivity index (χ2n) is 0.632. The van der Waals surface area contributed by atoms with Crippen LogP contribution in [0.5, 0.6) is 0 Å². The van der Waals surface area contributed by atoms with E-state index in [0.29, 0.717) is 0 Å².